The van der Waals surface area contributed by atoms with Crippen molar-refractivity contribution in [3.05, 3.63) is 0 Å². The molecule has 4 atom stereocenters. The molecule has 0 bridgehead atoms. The quantitative estimate of drug-likeness (QED) is 0.835. The van der Waals surface area contributed by atoms with Crippen LogP contribution < -0.4 is 5.32 Å². The third-order valence-corrected chi connectivity index (χ3v) is 5.93. The van der Waals surface area contributed by atoms with Gasteiger partial charge in [-0.25, -0.2) is 4.79 Å². The highest BCUT2D eigenvalue weighted by atomic mass is 16.4. The predicted octanol–water partition coefficient (Wildman–Crippen LogP) is 2.17. The minimum atomic E-state index is -0.720. The average Bonchev–Trinajstić information content (AvgIpc) is 2.93. The van der Waals surface area contributed by atoms with E-state index in [4.69, 9.17) is 0 Å². The van der Waals surface area contributed by atoms with Gasteiger partial charge < -0.3 is 15.3 Å². The van der Waals surface area contributed by atoms with Gasteiger partial charge in [0.05, 0.1) is 5.41 Å². The van der Waals surface area contributed by atoms with Crippen LogP contribution in [0.5, 0.6) is 0 Å². The first-order chi connectivity index (χ1) is 9.94. The van der Waals surface area contributed by atoms with Crippen molar-refractivity contribution in [2.75, 3.05) is 19.6 Å². The first-order valence-corrected chi connectivity index (χ1v) is 8.20. The summed E-state index contributed by atoms with van der Waals surface area (Å²) in [6.07, 6.45) is 3.84. The molecule has 118 valence electrons. The van der Waals surface area contributed by atoms with Crippen LogP contribution in [-0.2, 0) is 4.79 Å². The summed E-state index contributed by atoms with van der Waals surface area (Å²) in [6, 6.07) is -0.0700. The van der Waals surface area contributed by atoms with Gasteiger partial charge in [0, 0.05) is 19.6 Å². The van der Waals surface area contributed by atoms with Crippen LogP contribution in [0.2, 0.25) is 0 Å². The highest BCUT2D eigenvalue weighted by Crippen LogP contribution is 2.49. The number of urea groups is 1. The number of nitrogens with zero attached hydrogens (tertiary/aromatic N) is 1. The van der Waals surface area contributed by atoms with Gasteiger partial charge in [0.15, 0.2) is 0 Å². The minimum Gasteiger partial charge on any atom is -0.481 e. The van der Waals surface area contributed by atoms with Crippen molar-refractivity contribution in [1.82, 2.24) is 10.2 Å². The fourth-order valence-electron chi connectivity index (χ4n) is 4.45. The Bertz CT molecular complexity index is 451. The van der Waals surface area contributed by atoms with Gasteiger partial charge >= 0.3 is 12.0 Å². The summed E-state index contributed by atoms with van der Waals surface area (Å²) < 4.78 is 0. The molecule has 2 saturated carbocycles. The Labute approximate surface area is 126 Å². The summed E-state index contributed by atoms with van der Waals surface area (Å²) in [5.41, 5.74) is -0.669. The molecular weight excluding hydrogens is 268 g/mol. The van der Waals surface area contributed by atoms with Gasteiger partial charge in [-0.15, -0.1) is 0 Å². The molecule has 2 amide bonds. The molecule has 3 rings (SSSR count). The van der Waals surface area contributed by atoms with Crippen molar-refractivity contribution in [2.24, 2.45) is 29.1 Å². The maximum Gasteiger partial charge on any atom is 0.317 e. The Morgan fingerprint density at radius 3 is 2.76 bits per heavy atom. The van der Waals surface area contributed by atoms with Crippen molar-refractivity contribution in [3.8, 4) is 0 Å². The Morgan fingerprint density at radius 2 is 2.19 bits per heavy atom. The zero-order chi connectivity index (χ0) is 15.2. The van der Waals surface area contributed by atoms with E-state index in [1.807, 2.05) is 0 Å². The van der Waals surface area contributed by atoms with Crippen LogP contribution in [0.4, 0.5) is 4.79 Å². The predicted molar refractivity (Wildman–Crippen MR) is 78.8 cm³/mol. The van der Waals surface area contributed by atoms with Crippen molar-refractivity contribution < 1.29 is 14.7 Å². The SMILES string of the molecule is CC(C)[C@@H]1C[C@H]1CNC(=O)N1C[C@@H]2CCC[C@@]2(C(=O)O)C1. The molecule has 1 heterocycles. The van der Waals surface area contributed by atoms with Gasteiger partial charge in [-0.3, -0.25) is 4.79 Å². The van der Waals surface area contributed by atoms with E-state index < -0.39 is 11.4 Å². The fraction of sp³-hybridized carbons (Fsp3) is 0.875. The first-order valence-electron chi connectivity index (χ1n) is 8.20. The Kier molecular flexibility index (Phi) is 3.62. The van der Waals surface area contributed by atoms with Crippen LogP contribution in [0.3, 0.4) is 0 Å². The van der Waals surface area contributed by atoms with E-state index in [0.29, 0.717) is 24.9 Å². The van der Waals surface area contributed by atoms with E-state index in [2.05, 4.69) is 19.2 Å². The van der Waals surface area contributed by atoms with E-state index in [-0.39, 0.29) is 11.9 Å². The molecule has 0 radical (unpaired) electrons. The van der Waals surface area contributed by atoms with Crippen LogP contribution in [0.1, 0.15) is 39.5 Å². The van der Waals surface area contributed by atoms with Crippen LogP contribution in [-0.4, -0.2) is 41.6 Å². The number of fused-ring (bicyclic) bond motifs is 1. The zero-order valence-corrected chi connectivity index (χ0v) is 13.0. The van der Waals surface area contributed by atoms with Gasteiger partial charge in [-0.2, -0.15) is 0 Å². The lowest BCUT2D eigenvalue weighted by atomic mass is 9.81. The minimum absolute atomic E-state index is 0.0700. The van der Waals surface area contributed by atoms with Gasteiger partial charge in [0.25, 0.3) is 0 Å². The molecule has 0 aromatic rings. The number of carbonyl (C=O) groups excluding carboxylic acids is 1. The molecule has 0 aromatic heterocycles. The number of carbonyl (C=O) groups is 2. The summed E-state index contributed by atoms with van der Waals surface area (Å²) in [4.78, 5) is 25.6. The lowest BCUT2D eigenvalue weighted by Crippen LogP contribution is -2.42. The monoisotopic (exact) mass is 294 g/mol. The van der Waals surface area contributed by atoms with Crippen molar-refractivity contribution in [1.29, 1.82) is 0 Å². The summed E-state index contributed by atoms with van der Waals surface area (Å²) in [5, 5.41) is 12.6. The smallest absolute Gasteiger partial charge is 0.317 e. The van der Waals surface area contributed by atoms with E-state index >= 15 is 0 Å². The molecular formula is C16H26N2O3. The number of likely N-dealkylation sites (tertiary alicyclic amines) is 1. The molecule has 3 fully saturated rings. The number of hydrogen-bond acceptors (Lipinski definition) is 2. The molecule has 0 spiro atoms. The standard InChI is InChI=1S/C16H26N2O3/c1-10(2)13-6-11(13)7-17-15(21)18-8-12-4-3-5-16(12,9-18)14(19)20/h10-13H,3-9H2,1-2H3,(H,17,21)(H,19,20)/t11-,12-,13-,16+/m0/s1. The van der Waals surface area contributed by atoms with E-state index in [1.54, 1.807) is 4.90 Å². The summed E-state index contributed by atoms with van der Waals surface area (Å²) in [6.45, 7) is 6.19. The van der Waals surface area contributed by atoms with E-state index in [0.717, 1.165) is 31.7 Å². The number of carboxylic acids is 1. The fourth-order valence-corrected chi connectivity index (χ4v) is 4.45. The van der Waals surface area contributed by atoms with Gasteiger partial charge in [-0.1, -0.05) is 20.3 Å². The number of amides is 2. The average molecular weight is 294 g/mol. The van der Waals surface area contributed by atoms with E-state index in [1.165, 1.54) is 6.42 Å². The van der Waals surface area contributed by atoms with Gasteiger partial charge in [0.2, 0.25) is 0 Å². The van der Waals surface area contributed by atoms with Gasteiger partial charge in [-0.05, 0) is 42.9 Å². The Hall–Kier alpha value is -1.26. The molecule has 3 aliphatic rings. The lowest BCUT2D eigenvalue weighted by Gasteiger charge is -2.23. The molecule has 1 aliphatic heterocycles. The van der Waals surface area contributed by atoms with Crippen LogP contribution >= 0.6 is 0 Å². The molecule has 5 nitrogen and oxygen atoms in total. The van der Waals surface area contributed by atoms with E-state index in [9.17, 15) is 14.7 Å². The maximum atomic E-state index is 12.3. The molecule has 2 N–H and O–H groups in total. The van der Waals surface area contributed by atoms with Gasteiger partial charge in [0.1, 0.15) is 0 Å². The second-order valence-electron chi connectivity index (χ2n) is 7.52. The number of hydrogen-bond donors (Lipinski definition) is 2. The van der Waals surface area contributed by atoms with Crippen molar-refractivity contribution in [2.45, 2.75) is 39.5 Å². The van der Waals surface area contributed by atoms with Crippen LogP contribution in [0.25, 0.3) is 0 Å². The van der Waals surface area contributed by atoms with Crippen LogP contribution in [0.15, 0.2) is 0 Å². The lowest BCUT2D eigenvalue weighted by molar-refractivity contribution is -0.149. The summed E-state index contributed by atoms with van der Waals surface area (Å²) >= 11 is 0. The molecule has 2 aliphatic carbocycles. The molecule has 0 unspecified atom stereocenters. The number of carboxylic acid groups (broad SMARTS) is 1. The van der Waals surface area contributed by atoms with Crippen molar-refractivity contribution in [3.63, 3.8) is 0 Å². The number of nitrogens with one attached hydrogen (secondary N) is 1. The summed E-state index contributed by atoms with van der Waals surface area (Å²) in [5.74, 6) is 1.47. The highest BCUT2D eigenvalue weighted by Gasteiger charge is 2.55. The largest absolute Gasteiger partial charge is 0.481 e. The molecule has 0 aromatic carbocycles. The Balaban J connectivity index is 1.52. The third-order valence-electron chi connectivity index (χ3n) is 5.93. The van der Waals surface area contributed by atoms with Crippen molar-refractivity contribution >= 4 is 12.0 Å². The zero-order valence-electron chi connectivity index (χ0n) is 13.0. The summed E-state index contributed by atoms with van der Waals surface area (Å²) in [7, 11) is 0. The molecule has 1 saturated heterocycles. The topological polar surface area (TPSA) is 69.6 Å². The second-order valence-corrected chi connectivity index (χ2v) is 7.52. The first kappa shape index (κ1) is 14.7. The second kappa shape index (κ2) is 5.18. The highest BCUT2D eigenvalue weighted by molar-refractivity contribution is 5.80. The Morgan fingerprint density at radius 1 is 1.43 bits per heavy atom. The third kappa shape index (κ3) is 2.51. The maximum absolute atomic E-state index is 12.3. The molecule has 21 heavy (non-hydrogen) atoms. The molecule has 5 heteroatoms. The number of aliphatic carboxylic acids is 1. The normalized spacial score (nSPS) is 37.7. The number of rotatable bonds is 4. The van der Waals surface area contributed by atoms with Crippen LogP contribution in [0, 0.1) is 29.1 Å².